The molecule has 500 valence electrons. The van der Waals surface area contributed by atoms with E-state index in [-0.39, 0.29) is 73.4 Å². The van der Waals surface area contributed by atoms with Crippen LogP contribution in [-0.2, 0) is 60.7 Å². The summed E-state index contributed by atoms with van der Waals surface area (Å²) in [5, 5.41) is 40.6. The van der Waals surface area contributed by atoms with Gasteiger partial charge in [0.2, 0.25) is 23.8 Å². The van der Waals surface area contributed by atoms with E-state index in [9.17, 15) is 88.0 Å². The zero-order chi connectivity index (χ0) is 68.3. The predicted octanol–water partition coefficient (Wildman–Crippen LogP) is 5.46. The lowest BCUT2D eigenvalue weighted by Crippen LogP contribution is -2.33. The highest BCUT2D eigenvalue weighted by atomic mass is 32.2. The summed E-state index contributed by atoms with van der Waals surface area (Å²) in [5.41, 5.74) is -2.45. The fourth-order valence-corrected chi connectivity index (χ4v) is 12.8. The number of nitrogens with one attached hydrogen (secondary N) is 4. The van der Waals surface area contributed by atoms with Gasteiger partial charge in [0.05, 0.1) is 9.79 Å². The Kier molecular flexibility index (Phi) is 24.1. The molecule has 0 amide bonds. The minimum atomic E-state index is -5.25. The molecule has 6 aromatic rings. The topological polar surface area (TPSA) is 529 Å². The van der Waals surface area contributed by atoms with Crippen LogP contribution in [0.1, 0.15) is 64.5 Å². The molecule has 0 fully saturated rings. The van der Waals surface area contributed by atoms with E-state index in [0.29, 0.717) is 88.5 Å². The maximum atomic E-state index is 13.1. The van der Waals surface area contributed by atoms with Gasteiger partial charge in [-0.1, -0.05) is 52.0 Å². The van der Waals surface area contributed by atoms with Crippen molar-refractivity contribution in [1.82, 2.24) is 39.7 Å². The minimum Gasteiger partial charge on any atom is -0.497 e. The quantitative estimate of drug-likeness (QED) is 0.0103. The van der Waals surface area contributed by atoms with E-state index < -0.39 is 137 Å². The molecule has 0 bridgehead atoms. The van der Waals surface area contributed by atoms with Crippen molar-refractivity contribution in [3.05, 3.63) is 83.9 Å². The molecule has 92 heavy (non-hydrogen) atoms. The molecule has 40 heteroatoms. The van der Waals surface area contributed by atoms with E-state index in [1.54, 1.807) is 0 Å². The van der Waals surface area contributed by atoms with Gasteiger partial charge in [0.1, 0.15) is 19.6 Å². The van der Waals surface area contributed by atoms with Crippen LogP contribution in [0.5, 0.6) is 0 Å². The van der Waals surface area contributed by atoms with Gasteiger partial charge in [-0.2, -0.15) is 80.4 Å². The second-order valence-corrected chi connectivity index (χ2v) is 28.4. The molecule has 0 spiro atoms. The Hall–Kier alpha value is -7.84. The van der Waals surface area contributed by atoms with Crippen molar-refractivity contribution in [2.75, 3.05) is 85.9 Å². The molecule has 2 aromatic heterocycles. The normalized spacial score (nSPS) is 12.6. The number of rotatable bonds is 34. The molecular formula is C52H66N14O20S6. The van der Waals surface area contributed by atoms with Gasteiger partial charge in [-0.15, -0.1) is 0 Å². The molecule has 0 aliphatic heterocycles. The molecular weight excluding hydrogens is 1330 g/mol. The summed E-state index contributed by atoms with van der Waals surface area (Å²) in [6, 6.07) is 10.3. The molecule has 0 aliphatic rings. The molecule has 4 aromatic carbocycles. The maximum absolute atomic E-state index is 13.1. The molecule has 34 nitrogen and oxygen atoms in total. The Labute approximate surface area is 530 Å². The highest BCUT2D eigenvalue weighted by molar-refractivity contribution is 7.87. The van der Waals surface area contributed by atoms with Crippen molar-refractivity contribution >= 4 is 120 Å². The molecule has 0 unspecified atom stereocenters. The molecule has 12 N–H and O–H groups in total. The summed E-state index contributed by atoms with van der Waals surface area (Å²) in [6.07, 6.45) is 2.36. The first-order chi connectivity index (χ1) is 42.8. The van der Waals surface area contributed by atoms with Crippen molar-refractivity contribution in [2.24, 2.45) is 0 Å². The second-order valence-electron chi connectivity index (χ2n) is 19.9. The van der Waals surface area contributed by atoms with Crippen molar-refractivity contribution in [1.29, 1.82) is 10.8 Å². The third-order valence-corrected chi connectivity index (χ3v) is 19.1. The smallest absolute Gasteiger partial charge is 0.295 e. The van der Waals surface area contributed by atoms with Crippen molar-refractivity contribution < 1.29 is 88.0 Å². The number of anilines is 6. The Balaban J connectivity index is 1.46. The van der Waals surface area contributed by atoms with Crippen LogP contribution >= 0.6 is 0 Å². The summed E-state index contributed by atoms with van der Waals surface area (Å²) in [4.78, 5) is 27.9. The molecule has 0 atom stereocenters. The van der Waals surface area contributed by atoms with Gasteiger partial charge in [0, 0.05) is 61.5 Å². The maximum Gasteiger partial charge on any atom is 0.295 e. The van der Waals surface area contributed by atoms with Crippen LogP contribution in [0.2, 0.25) is 0 Å². The Morgan fingerprint density at radius 3 is 1.05 bits per heavy atom. The zero-order valence-corrected chi connectivity index (χ0v) is 54.3. The van der Waals surface area contributed by atoms with E-state index in [0.717, 1.165) is 36.4 Å². The van der Waals surface area contributed by atoms with Gasteiger partial charge in [0.25, 0.3) is 60.7 Å². The Morgan fingerprint density at radius 1 is 0.424 bits per heavy atom. The third-order valence-electron chi connectivity index (χ3n) is 13.7. The standard InChI is InChI=1S/C52H66N14O20S6/c1-5-63(6-2)23-9-25-65(27-21-45(53)67)51-59-47(39-31-37(87(69,70)71)17-19-41(39)89(75,76)77)57-49(61-51)55-35-15-13-33(43(29-35)91(81,82)83)11-12-34-14-16-36(30-44(34)92(84,85)86)56-50-58-48(40-32-38(88(72,73)74)18-20-42(40)90(78,79)80)60-52(62-50)66(28-22-46(54)68)26-10-24-64(7-3)8-4/h11-20,29-32H,5-10,21-28H2,1-4H3,(H2,53,67)(H2,54,68)(H,69,70,71)(H,72,73,74)(H,75,76,77)(H,78,79,80)(H,81,82,83)(H,84,85,86)(H,55,57,59,61)(H,56,58,60,62)/b12-11+. The fourth-order valence-electron chi connectivity index (χ4n) is 9.04. The SMILES string of the molecule is CCN(CC)CCCN(CCC(=N)O)c1nc(Nc2ccc(/C=C/c3ccc(Nc4nc(-c5cc(S(=O)(=O)O)ccc5S(=O)(=O)O)nc(N(CCCN(CC)CC)CCC(=N)O)n4)cc3S(=O)(=O)O)c(S(=O)(=O)O)c2)nc(-c2cc(S(=O)(=O)O)ccc2S(=O)(=O)O)n1. The average molecular weight is 1400 g/mol. The monoisotopic (exact) mass is 1400 g/mol. The van der Waals surface area contributed by atoms with E-state index in [1.807, 2.05) is 27.7 Å². The number of aromatic nitrogens is 6. The van der Waals surface area contributed by atoms with Gasteiger partial charge in [-0.3, -0.25) is 38.1 Å². The van der Waals surface area contributed by atoms with Crippen LogP contribution in [0.15, 0.2) is 102 Å². The summed E-state index contributed by atoms with van der Waals surface area (Å²) in [6.45, 7) is 11.5. The first-order valence-corrected chi connectivity index (χ1v) is 36.1. The van der Waals surface area contributed by atoms with Crippen molar-refractivity contribution in [3.8, 4) is 22.8 Å². The van der Waals surface area contributed by atoms with Crippen LogP contribution in [0, 0.1) is 10.8 Å². The lowest BCUT2D eigenvalue weighted by molar-refractivity contribution is 0.300. The molecule has 2 heterocycles. The van der Waals surface area contributed by atoms with E-state index in [2.05, 4.69) is 50.3 Å². The minimum absolute atomic E-state index is 0.121. The fraction of sp³-hybridized carbons (Fsp3) is 0.346. The van der Waals surface area contributed by atoms with Crippen LogP contribution in [0.25, 0.3) is 34.9 Å². The number of benzene rings is 4. The number of hydrogen-bond acceptors (Lipinski definition) is 26. The number of aliphatic hydroxyl groups excluding tert-OH is 2. The summed E-state index contributed by atoms with van der Waals surface area (Å²) in [7, 11) is -31.0. The van der Waals surface area contributed by atoms with Gasteiger partial charge >= 0.3 is 0 Å². The summed E-state index contributed by atoms with van der Waals surface area (Å²) < 4.78 is 214. The van der Waals surface area contributed by atoms with Crippen molar-refractivity contribution in [3.63, 3.8) is 0 Å². The average Bonchev–Trinajstić information content (AvgIpc) is 0.793. The Bertz CT molecular complexity index is 4200. The number of hydrogen-bond donors (Lipinski definition) is 12. The second kappa shape index (κ2) is 30.3. The van der Waals surface area contributed by atoms with Gasteiger partial charge < -0.3 is 40.4 Å². The van der Waals surface area contributed by atoms with E-state index in [4.69, 9.17) is 10.8 Å². The van der Waals surface area contributed by atoms with Crippen LogP contribution in [-0.4, -0.2) is 205 Å². The zero-order valence-electron chi connectivity index (χ0n) is 49.4. The lowest BCUT2D eigenvalue weighted by Gasteiger charge is -2.25. The van der Waals surface area contributed by atoms with E-state index >= 15 is 0 Å². The molecule has 6 rings (SSSR count). The summed E-state index contributed by atoms with van der Waals surface area (Å²) >= 11 is 0. The largest absolute Gasteiger partial charge is 0.497 e. The molecule has 0 saturated carbocycles. The number of nitrogens with zero attached hydrogens (tertiary/aromatic N) is 10. The highest BCUT2D eigenvalue weighted by Crippen LogP contribution is 2.34. The predicted molar refractivity (Wildman–Crippen MR) is 337 cm³/mol. The Morgan fingerprint density at radius 2 is 0.761 bits per heavy atom. The van der Waals surface area contributed by atoms with Crippen LogP contribution in [0.4, 0.5) is 35.2 Å². The van der Waals surface area contributed by atoms with E-state index in [1.165, 1.54) is 21.9 Å². The molecule has 0 radical (unpaired) electrons. The van der Waals surface area contributed by atoms with Gasteiger partial charge in [0.15, 0.2) is 23.4 Å². The van der Waals surface area contributed by atoms with Gasteiger partial charge in [-0.05, 0) is 124 Å². The van der Waals surface area contributed by atoms with Gasteiger partial charge in [-0.25, -0.2) is 0 Å². The lowest BCUT2D eigenvalue weighted by atomic mass is 10.1. The first-order valence-electron chi connectivity index (χ1n) is 27.5. The number of aliphatic hydroxyl groups is 2. The highest BCUT2D eigenvalue weighted by Gasteiger charge is 2.28. The first kappa shape index (κ1) is 73.2. The third kappa shape index (κ3) is 20.3. The molecule has 0 aliphatic carbocycles. The molecule has 0 saturated heterocycles. The summed E-state index contributed by atoms with van der Waals surface area (Å²) in [5.74, 6) is -4.38. The van der Waals surface area contributed by atoms with Crippen LogP contribution in [0.3, 0.4) is 0 Å². The van der Waals surface area contributed by atoms with Crippen molar-refractivity contribution in [2.45, 2.75) is 82.8 Å². The van der Waals surface area contributed by atoms with Crippen LogP contribution < -0.4 is 20.4 Å².